The van der Waals surface area contributed by atoms with Gasteiger partial charge in [-0.3, -0.25) is 4.79 Å². The summed E-state index contributed by atoms with van der Waals surface area (Å²) in [6.07, 6.45) is 9.26. The Bertz CT molecular complexity index is 688. The molecule has 2 aliphatic rings. The molecule has 2 fully saturated rings. The van der Waals surface area contributed by atoms with Gasteiger partial charge in [0.15, 0.2) is 0 Å². The molecule has 1 saturated carbocycles. The second kappa shape index (κ2) is 8.32. The molecule has 0 aromatic heterocycles. The maximum atomic E-state index is 12.9. The molecule has 0 atom stereocenters. The lowest BCUT2D eigenvalue weighted by Crippen LogP contribution is -2.32. The summed E-state index contributed by atoms with van der Waals surface area (Å²) in [6.45, 7) is 1.17. The van der Waals surface area contributed by atoms with Gasteiger partial charge in [0.1, 0.15) is 0 Å². The van der Waals surface area contributed by atoms with E-state index in [-0.39, 0.29) is 16.7 Å². The van der Waals surface area contributed by atoms with Crippen LogP contribution in [0.4, 0.5) is 5.69 Å². The highest BCUT2D eigenvalue weighted by Gasteiger charge is 2.26. The highest BCUT2D eigenvalue weighted by molar-refractivity contribution is 7.89. The minimum Gasteiger partial charge on any atom is -0.326 e. The second-order valence-corrected chi connectivity index (χ2v) is 9.11. The topological polar surface area (TPSA) is 66.5 Å². The van der Waals surface area contributed by atoms with Gasteiger partial charge in [0.2, 0.25) is 15.9 Å². The van der Waals surface area contributed by atoms with Crippen molar-refractivity contribution >= 4 is 21.6 Å². The van der Waals surface area contributed by atoms with Crippen LogP contribution in [0.15, 0.2) is 29.2 Å². The Labute approximate surface area is 150 Å². The Morgan fingerprint density at radius 2 is 1.60 bits per heavy atom. The molecule has 25 heavy (non-hydrogen) atoms. The van der Waals surface area contributed by atoms with Gasteiger partial charge < -0.3 is 5.32 Å². The highest BCUT2D eigenvalue weighted by Crippen LogP contribution is 2.26. The predicted octanol–water partition coefficient (Wildman–Crippen LogP) is 3.77. The number of amides is 1. The fourth-order valence-corrected chi connectivity index (χ4v) is 5.34. The van der Waals surface area contributed by atoms with Crippen molar-refractivity contribution in [3.05, 3.63) is 24.3 Å². The zero-order valence-corrected chi connectivity index (χ0v) is 15.6. The van der Waals surface area contributed by atoms with E-state index in [1.165, 1.54) is 6.42 Å². The third-order valence-corrected chi connectivity index (χ3v) is 7.17. The SMILES string of the molecule is O=C(Nc1cccc(S(=O)(=O)N2CCCCCC2)c1)C1CCCCC1. The number of nitrogens with one attached hydrogen (secondary N) is 1. The molecule has 1 aromatic carbocycles. The number of hydrogen-bond acceptors (Lipinski definition) is 3. The normalized spacial score (nSPS) is 20.8. The highest BCUT2D eigenvalue weighted by atomic mass is 32.2. The molecule has 0 unspecified atom stereocenters. The number of benzene rings is 1. The zero-order chi connectivity index (χ0) is 17.7. The van der Waals surface area contributed by atoms with E-state index in [0.29, 0.717) is 18.8 Å². The summed E-state index contributed by atoms with van der Waals surface area (Å²) < 4.78 is 27.4. The molecule has 0 spiro atoms. The van der Waals surface area contributed by atoms with E-state index in [2.05, 4.69) is 5.32 Å². The third kappa shape index (κ3) is 4.61. The summed E-state index contributed by atoms with van der Waals surface area (Å²) in [5.41, 5.74) is 0.575. The molecular weight excluding hydrogens is 336 g/mol. The summed E-state index contributed by atoms with van der Waals surface area (Å²) in [5, 5.41) is 2.92. The van der Waals surface area contributed by atoms with Crippen LogP contribution in [-0.2, 0) is 14.8 Å². The molecule has 3 rings (SSSR count). The molecule has 1 aliphatic carbocycles. The molecule has 6 heteroatoms. The van der Waals surface area contributed by atoms with Crippen molar-refractivity contribution in [1.29, 1.82) is 0 Å². The molecule has 1 saturated heterocycles. The van der Waals surface area contributed by atoms with Crippen molar-refractivity contribution < 1.29 is 13.2 Å². The number of sulfonamides is 1. The number of nitrogens with zero attached hydrogens (tertiary/aromatic N) is 1. The first-order valence-corrected chi connectivity index (χ1v) is 10.9. The third-order valence-electron chi connectivity index (χ3n) is 5.28. The average Bonchev–Trinajstić information content (AvgIpc) is 2.93. The van der Waals surface area contributed by atoms with Crippen molar-refractivity contribution in [2.75, 3.05) is 18.4 Å². The van der Waals surface area contributed by atoms with Gasteiger partial charge in [-0.25, -0.2) is 8.42 Å². The van der Waals surface area contributed by atoms with E-state index >= 15 is 0 Å². The second-order valence-electron chi connectivity index (χ2n) is 7.17. The fraction of sp³-hybridized carbons (Fsp3) is 0.632. The van der Waals surface area contributed by atoms with Crippen LogP contribution in [0.25, 0.3) is 0 Å². The Balaban J connectivity index is 1.72. The van der Waals surface area contributed by atoms with Crippen LogP contribution < -0.4 is 5.32 Å². The maximum absolute atomic E-state index is 12.9. The molecule has 138 valence electrons. The number of carbonyl (C=O) groups excluding carboxylic acids is 1. The summed E-state index contributed by atoms with van der Waals surface area (Å²) in [4.78, 5) is 12.7. The summed E-state index contributed by atoms with van der Waals surface area (Å²) >= 11 is 0. The van der Waals surface area contributed by atoms with Crippen LogP contribution in [0.2, 0.25) is 0 Å². The van der Waals surface area contributed by atoms with Crippen molar-refractivity contribution in [1.82, 2.24) is 4.31 Å². The van der Waals surface area contributed by atoms with E-state index in [1.807, 2.05) is 0 Å². The van der Waals surface area contributed by atoms with Crippen molar-refractivity contribution in [3.8, 4) is 0 Å². The number of anilines is 1. The van der Waals surface area contributed by atoms with Crippen LogP contribution in [0.3, 0.4) is 0 Å². The summed E-state index contributed by atoms with van der Waals surface area (Å²) in [7, 11) is -3.49. The number of carbonyl (C=O) groups is 1. The predicted molar refractivity (Wildman–Crippen MR) is 98.9 cm³/mol. The lowest BCUT2D eigenvalue weighted by atomic mass is 9.88. The van der Waals surface area contributed by atoms with Gasteiger partial charge in [-0.05, 0) is 43.9 Å². The molecule has 1 amide bonds. The first-order valence-electron chi connectivity index (χ1n) is 9.48. The summed E-state index contributed by atoms with van der Waals surface area (Å²) in [6, 6.07) is 6.70. The molecule has 0 radical (unpaired) electrons. The molecule has 0 bridgehead atoms. The van der Waals surface area contributed by atoms with Crippen molar-refractivity contribution in [2.24, 2.45) is 5.92 Å². The Morgan fingerprint density at radius 3 is 2.28 bits per heavy atom. The fourth-order valence-electron chi connectivity index (χ4n) is 3.77. The Kier molecular flexibility index (Phi) is 6.12. The Hall–Kier alpha value is -1.40. The quantitative estimate of drug-likeness (QED) is 0.884. The Morgan fingerprint density at radius 1 is 0.960 bits per heavy atom. The van der Waals surface area contributed by atoms with Crippen LogP contribution in [-0.4, -0.2) is 31.7 Å². The average molecular weight is 365 g/mol. The van der Waals surface area contributed by atoms with E-state index in [0.717, 1.165) is 51.4 Å². The van der Waals surface area contributed by atoms with E-state index in [1.54, 1.807) is 28.6 Å². The number of hydrogen-bond donors (Lipinski definition) is 1. The van der Waals surface area contributed by atoms with Gasteiger partial charge in [0.25, 0.3) is 0 Å². The summed E-state index contributed by atoms with van der Waals surface area (Å²) in [5.74, 6) is 0.0728. The molecule has 1 N–H and O–H groups in total. The van der Waals surface area contributed by atoms with Crippen molar-refractivity contribution in [2.45, 2.75) is 62.7 Å². The first kappa shape index (κ1) is 18.4. The smallest absolute Gasteiger partial charge is 0.243 e. The van der Waals surface area contributed by atoms with E-state index < -0.39 is 10.0 Å². The molecule has 1 aliphatic heterocycles. The lowest BCUT2D eigenvalue weighted by molar-refractivity contribution is -0.120. The monoisotopic (exact) mass is 364 g/mol. The molecule has 1 heterocycles. The van der Waals surface area contributed by atoms with Gasteiger partial charge in [-0.1, -0.05) is 38.2 Å². The van der Waals surface area contributed by atoms with Gasteiger partial charge in [-0.15, -0.1) is 0 Å². The minimum absolute atomic E-state index is 0.0176. The number of rotatable bonds is 4. The van der Waals surface area contributed by atoms with E-state index in [4.69, 9.17) is 0 Å². The largest absolute Gasteiger partial charge is 0.326 e. The van der Waals surface area contributed by atoms with Crippen LogP contribution in [0, 0.1) is 5.92 Å². The molecule has 1 aromatic rings. The van der Waals surface area contributed by atoms with Gasteiger partial charge in [-0.2, -0.15) is 4.31 Å². The van der Waals surface area contributed by atoms with Gasteiger partial charge in [0.05, 0.1) is 4.90 Å². The maximum Gasteiger partial charge on any atom is 0.243 e. The minimum atomic E-state index is -3.49. The van der Waals surface area contributed by atoms with Gasteiger partial charge >= 0.3 is 0 Å². The van der Waals surface area contributed by atoms with Crippen LogP contribution >= 0.6 is 0 Å². The van der Waals surface area contributed by atoms with Crippen LogP contribution in [0.1, 0.15) is 57.8 Å². The van der Waals surface area contributed by atoms with Gasteiger partial charge in [0, 0.05) is 24.7 Å². The zero-order valence-electron chi connectivity index (χ0n) is 14.7. The van der Waals surface area contributed by atoms with Crippen molar-refractivity contribution in [3.63, 3.8) is 0 Å². The molecule has 5 nitrogen and oxygen atoms in total. The standard InChI is InChI=1S/C19H28N2O3S/c22-19(16-9-4-3-5-10-16)20-17-11-8-12-18(15-17)25(23,24)21-13-6-1-2-7-14-21/h8,11-12,15-16H,1-7,9-10,13-14H2,(H,20,22). The molecular formula is C19H28N2O3S. The van der Waals surface area contributed by atoms with E-state index in [9.17, 15) is 13.2 Å². The first-order chi connectivity index (χ1) is 12.1. The lowest BCUT2D eigenvalue weighted by Gasteiger charge is -2.22. The van der Waals surface area contributed by atoms with Crippen LogP contribution in [0.5, 0.6) is 0 Å².